The molecule has 0 spiro atoms. The molecular weight excluding hydrogens is 320 g/mol. The maximum Gasteiger partial charge on any atom is 0.328 e. The third-order valence-corrected chi connectivity index (χ3v) is 3.36. The summed E-state index contributed by atoms with van der Waals surface area (Å²) in [5.74, 6) is -2.50. The van der Waals surface area contributed by atoms with Gasteiger partial charge in [-0.1, -0.05) is 17.7 Å². The van der Waals surface area contributed by atoms with E-state index in [1.165, 1.54) is 24.5 Å². The van der Waals surface area contributed by atoms with Crippen LogP contribution in [0.5, 0.6) is 0 Å². The minimum absolute atomic E-state index is 0.298. The Morgan fingerprint density at radius 1 is 1.00 bits per heavy atom. The molecule has 0 aliphatic carbocycles. The van der Waals surface area contributed by atoms with E-state index in [1.54, 1.807) is 25.1 Å². The van der Waals surface area contributed by atoms with Crippen LogP contribution in [0.4, 0.5) is 5.69 Å². The number of hydrazine groups is 1. The first kappa shape index (κ1) is 16.4. The molecule has 0 fully saturated rings. The van der Waals surface area contributed by atoms with Crippen LogP contribution in [0, 0.1) is 6.92 Å². The van der Waals surface area contributed by atoms with Crippen LogP contribution >= 0.6 is 11.6 Å². The molecule has 3 N–H and O–H groups in total. The first-order chi connectivity index (χ1) is 11.0. The largest absolute Gasteiger partial charge is 0.328 e. The topological polar surface area (TPSA) is 100 Å². The van der Waals surface area contributed by atoms with Gasteiger partial charge in [-0.25, -0.2) is 0 Å². The van der Waals surface area contributed by atoms with Gasteiger partial charge in [0.15, 0.2) is 0 Å². The number of nitrogens with zero attached hydrogens (tertiary/aromatic N) is 1. The summed E-state index contributed by atoms with van der Waals surface area (Å²) in [5, 5.41) is 2.88. The van der Waals surface area contributed by atoms with Gasteiger partial charge >= 0.3 is 11.8 Å². The molecule has 8 heteroatoms. The van der Waals surface area contributed by atoms with Crippen LogP contribution in [-0.4, -0.2) is 22.7 Å². The van der Waals surface area contributed by atoms with Crippen molar-refractivity contribution in [2.24, 2.45) is 0 Å². The number of carbonyl (C=O) groups is 3. The lowest BCUT2D eigenvalue weighted by atomic mass is 10.2. The zero-order chi connectivity index (χ0) is 16.8. The van der Waals surface area contributed by atoms with Crippen LogP contribution in [0.25, 0.3) is 0 Å². The van der Waals surface area contributed by atoms with Crippen LogP contribution in [0.15, 0.2) is 42.7 Å². The van der Waals surface area contributed by atoms with Crippen molar-refractivity contribution >= 4 is 35.0 Å². The number of halogens is 1. The summed E-state index contributed by atoms with van der Waals surface area (Å²) in [6, 6.07) is 7.87. The molecular formula is C15H13ClN4O3. The molecule has 0 aliphatic rings. The summed E-state index contributed by atoms with van der Waals surface area (Å²) in [6.07, 6.45) is 2.87. The number of aromatic nitrogens is 1. The quantitative estimate of drug-likeness (QED) is 0.572. The lowest BCUT2D eigenvalue weighted by molar-refractivity contribution is -0.136. The highest BCUT2D eigenvalue weighted by Crippen LogP contribution is 2.22. The number of hydrogen-bond acceptors (Lipinski definition) is 4. The average molecular weight is 333 g/mol. The molecule has 0 radical (unpaired) electrons. The number of rotatable bonds is 2. The molecule has 0 unspecified atom stereocenters. The Morgan fingerprint density at radius 3 is 2.39 bits per heavy atom. The fourth-order valence-electron chi connectivity index (χ4n) is 1.67. The summed E-state index contributed by atoms with van der Waals surface area (Å²) in [5.41, 5.74) is 5.52. The smallest absolute Gasteiger partial charge is 0.317 e. The maximum absolute atomic E-state index is 11.8. The van der Waals surface area contributed by atoms with E-state index >= 15 is 0 Å². The molecule has 7 nitrogen and oxygen atoms in total. The number of amides is 3. The van der Waals surface area contributed by atoms with E-state index in [0.29, 0.717) is 21.8 Å². The first-order valence-electron chi connectivity index (χ1n) is 6.56. The summed E-state index contributed by atoms with van der Waals surface area (Å²) in [4.78, 5) is 39.0. The number of hydrogen-bond donors (Lipinski definition) is 3. The third-order valence-electron chi connectivity index (χ3n) is 2.95. The van der Waals surface area contributed by atoms with Gasteiger partial charge in [0.05, 0.1) is 0 Å². The normalized spacial score (nSPS) is 9.83. The lowest BCUT2D eigenvalue weighted by Crippen LogP contribution is -2.46. The molecule has 23 heavy (non-hydrogen) atoms. The monoisotopic (exact) mass is 332 g/mol. The Kier molecular flexibility index (Phi) is 5.27. The van der Waals surface area contributed by atoms with E-state index in [-0.39, 0.29) is 0 Å². The summed E-state index contributed by atoms with van der Waals surface area (Å²) in [7, 11) is 0. The number of nitrogens with one attached hydrogen (secondary N) is 3. The molecule has 118 valence electrons. The standard InChI is InChI=1S/C15H13ClN4O3/c1-9-11(16)3-2-4-12(9)18-14(22)15(23)20-19-13(21)10-5-7-17-8-6-10/h2-8H,1H3,(H,18,22)(H,19,21)(H,20,23). The highest BCUT2D eigenvalue weighted by atomic mass is 35.5. The van der Waals surface area contributed by atoms with Crippen LogP contribution in [-0.2, 0) is 9.59 Å². The van der Waals surface area contributed by atoms with Crippen molar-refractivity contribution in [3.63, 3.8) is 0 Å². The zero-order valence-electron chi connectivity index (χ0n) is 12.1. The van der Waals surface area contributed by atoms with Crippen molar-refractivity contribution < 1.29 is 14.4 Å². The highest BCUT2D eigenvalue weighted by molar-refractivity contribution is 6.40. The van der Waals surface area contributed by atoms with E-state index in [4.69, 9.17) is 11.6 Å². The second kappa shape index (κ2) is 7.37. The number of carbonyl (C=O) groups excluding carboxylic acids is 3. The van der Waals surface area contributed by atoms with Gasteiger partial charge in [-0.05, 0) is 36.8 Å². The maximum atomic E-state index is 11.8. The van der Waals surface area contributed by atoms with Crippen molar-refractivity contribution in [3.8, 4) is 0 Å². The van der Waals surface area contributed by atoms with E-state index < -0.39 is 17.7 Å². The number of pyridine rings is 1. The average Bonchev–Trinajstić information content (AvgIpc) is 2.57. The van der Waals surface area contributed by atoms with Crippen LogP contribution < -0.4 is 16.2 Å². The van der Waals surface area contributed by atoms with Crippen molar-refractivity contribution in [3.05, 3.63) is 58.9 Å². The fourth-order valence-corrected chi connectivity index (χ4v) is 1.84. The Bertz CT molecular complexity index is 750. The third kappa shape index (κ3) is 4.27. The molecule has 1 aromatic carbocycles. The van der Waals surface area contributed by atoms with Crippen LogP contribution in [0.3, 0.4) is 0 Å². The van der Waals surface area contributed by atoms with E-state index in [9.17, 15) is 14.4 Å². The van der Waals surface area contributed by atoms with Gasteiger partial charge in [0.1, 0.15) is 0 Å². The van der Waals surface area contributed by atoms with Crippen molar-refractivity contribution in [1.82, 2.24) is 15.8 Å². The zero-order valence-corrected chi connectivity index (χ0v) is 12.8. The molecule has 0 saturated carbocycles. The molecule has 2 aromatic rings. The highest BCUT2D eigenvalue weighted by Gasteiger charge is 2.16. The SMILES string of the molecule is Cc1c(Cl)cccc1NC(=O)C(=O)NNC(=O)c1ccncc1. The van der Waals surface area contributed by atoms with Gasteiger partial charge in [-0.3, -0.25) is 30.2 Å². The summed E-state index contributed by atoms with van der Waals surface area (Å²) >= 11 is 5.93. The van der Waals surface area contributed by atoms with Gasteiger partial charge in [-0.15, -0.1) is 0 Å². The van der Waals surface area contributed by atoms with Crippen molar-refractivity contribution in [1.29, 1.82) is 0 Å². The second-order valence-corrected chi connectivity index (χ2v) is 4.92. The van der Waals surface area contributed by atoms with Gasteiger partial charge in [-0.2, -0.15) is 0 Å². The Labute approximate surface area is 137 Å². The van der Waals surface area contributed by atoms with Gasteiger partial charge < -0.3 is 5.32 Å². The molecule has 0 aliphatic heterocycles. The lowest BCUT2D eigenvalue weighted by Gasteiger charge is -2.10. The summed E-state index contributed by atoms with van der Waals surface area (Å²) < 4.78 is 0. The molecule has 2 rings (SSSR count). The minimum Gasteiger partial charge on any atom is -0.317 e. The fraction of sp³-hybridized carbons (Fsp3) is 0.0667. The molecule has 0 atom stereocenters. The predicted molar refractivity (Wildman–Crippen MR) is 84.7 cm³/mol. The van der Waals surface area contributed by atoms with Gasteiger partial charge in [0.25, 0.3) is 5.91 Å². The van der Waals surface area contributed by atoms with Gasteiger partial charge in [0.2, 0.25) is 0 Å². The molecule has 1 heterocycles. The predicted octanol–water partition coefficient (Wildman–Crippen LogP) is 1.44. The molecule has 0 bridgehead atoms. The number of anilines is 1. The van der Waals surface area contributed by atoms with Crippen molar-refractivity contribution in [2.45, 2.75) is 6.92 Å². The van der Waals surface area contributed by atoms with Crippen LogP contribution in [0.2, 0.25) is 5.02 Å². The first-order valence-corrected chi connectivity index (χ1v) is 6.93. The second-order valence-electron chi connectivity index (χ2n) is 4.51. The Morgan fingerprint density at radius 2 is 1.70 bits per heavy atom. The minimum atomic E-state index is -1.01. The molecule has 0 saturated heterocycles. The molecule has 1 aromatic heterocycles. The van der Waals surface area contributed by atoms with Crippen LogP contribution in [0.1, 0.15) is 15.9 Å². The summed E-state index contributed by atoms with van der Waals surface area (Å²) in [6.45, 7) is 1.71. The van der Waals surface area contributed by atoms with Gasteiger partial charge in [0, 0.05) is 28.7 Å². The van der Waals surface area contributed by atoms with E-state index in [1.807, 2.05) is 5.43 Å². The van der Waals surface area contributed by atoms with Crippen molar-refractivity contribution in [2.75, 3.05) is 5.32 Å². The Hall–Kier alpha value is -2.93. The molecule has 3 amide bonds. The van der Waals surface area contributed by atoms with E-state index in [2.05, 4.69) is 15.7 Å². The van der Waals surface area contributed by atoms with E-state index in [0.717, 1.165) is 0 Å². The Balaban J connectivity index is 1.92. The number of benzene rings is 1.